The number of aromatic nitrogens is 2. The molecule has 0 unspecified atom stereocenters. The van der Waals surface area contributed by atoms with E-state index in [2.05, 4.69) is 29.5 Å². The Morgan fingerprint density at radius 1 is 1.18 bits per heavy atom. The van der Waals surface area contributed by atoms with Crippen molar-refractivity contribution >= 4 is 34.3 Å². The molecule has 4 aromatic rings. The average Bonchev–Trinajstić information content (AvgIpc) is 3.47. The topological polar surface area (TPSA) is 98.4 Å². The molecule has 8 nitrogen and oxygen atoms in total. The summed E-state index contributed by atoms with van der Waals surface area (Å²) in [4.78, 5) is 30.5. The zero-order valence-corrected chi connectivity index (χ0v) is 19.5. The van der Waals surface area contributed by atoms with Gasteiger partial charge in [0, 0.05) is 18.5 Å². The minimum Gasteiger partial charge on any atom is -0.472 e. The summed E-state index contributed by atoms with van der Waals surface area (Å²) >= 11 is 0. The number of esters is 1. The average molecular weight is 461 g/mol. The molecule has 3 aromatic heterocycles. The van der Waals surface area contributed by atoms with Crippen LogP contribution in [0.5, 0.6) is 0 Å². The minimum atomic E-state index is -0.564. The summed E-state index contributed by atoms with van der Waals surface area (Å²) < 4.78 is 11.9. The molecule has 8 heteroatoms. The van der Waals surface area contributed by atoms with Gasteiger partial charge in [0.15, 0.2) is 5.69 Å². The molecule has 1 aromatic carbocycles. The van der Waals surface area contributed by atoms with Gasteiger partial charge in [-0.3, -0.25) is 4.79 Å². The Morgan fingerprint density at radius 3 is 2.65 bits per heavy atom. The zero-order valence-electron chi connectivity index (χ0n) is 19.5. The summed E-state index contributed by atoms with van der Waals surface area (Å²) in [5, 5.41) is 6.91. The first-order valence-electron chi connectivity index (χ1n) is 11.2. The molecule has 0 atom stereocenters. The molecule has 0 saturated heterocycles. The van der Waals surface area contributed by atoms with E-state index >= 15 is 0 Å². The predicted octanol–water partition coefficient (Wildman–Crippen LogP) is 5.17. The highest BCUT2D eigenvalue weighted by molar-refractivity contribution is 6.14. The number of fused-ring (bicyclic) bond motifs is 1. The van der Waals surface area contributed by atoms with Gasteiger partial charge in [-0.15, -0.1) is 0 Å². The van der Waals surface area contributed by atoms with Gasteiger partial charge in [-0.25, -0.2) is 9.78 Å². The van der Waals surface area contributed by atoms with Crippen LogP contribution in [0.2, 0.25) is 0 Å². The van der Waals surface area contributed by atoms with Gasteiger partial charge in [0.2, 0.25) is 0 Å². The Morgan fingerprint density at radius 2 is 1.97 bits per heavy atom. The van der Waals surface area contributed by atoms with Crippen LogP contribution in [0.25, 0.3) is 11.0 Å². The van der Waals surface area contributed by atoms with Gasteiger partial charge in [0.25, 0.3) is 5.91 Å². The number of hydrogen-bond donors (Lipinski definition) is 2. The minimum absolute atomic E-state index is 0.227. The van der Waals surface area contributed by atoms with E-state index < -0.39 is 11.9 Å². The van der Waals surface area contributed by atoms with Gasteiger partial charge in [0.1, 0.15) is 11.9 Å². The maximum atomic E-state index is 13.0. The highest BCUT2D eigenvalue weighted by atomic mass is 16.5. The lowest BCUT2D eigenvalue weighted by atomic mass is 10.1. The molecule has 4 rings (SSSR count). The molecule has 0 saturated carbocycles. The second kappa shape index (κ2) is 10.2. The molecular formula is C26H28N4O4. The number of furan rings is 1. The third-order valence-corrected chi connectivity index (χ3v) is 5.53. The molecule has 0 bridgehead atoms. The summed E-state index contributed by atoms with van der Waals surface area (Å²) in [5.74, 6) is -0.395. The van der Waals surface area contributed by atoms with Crippen LogP contribution in [-0.2, 0) is 11.3 Å². The summed E-state index contributed by atoms with van der Waals surface area (Å²) in [7, 11) is 1.32. The van der Waals surface area contributed by atoms with Crippen molar-refractivity contribution in [3.05, 3.63) is 78.0 Å². The van der Waals surface area contributed by atoms with Crippen molar-refractivity contribution in [2.24, 2.45) is 5.92 Å². The van der Waals surface area contributed by atoms with Crippen LogP contribution in [0.4, 0.5) is 11.4 Å². The van der Waals surface area contributed by atoms with Crippen molar-refractivity contribution in [2.45, 2.75) is 26.8 Å². The number of benzene rings is 1. The smallest absolute Gasteiger partial charge is 0.356 e. The number of nitrogens with zero attached hydrogens (tertiary/aromatic N) is 2. The SMILES string of the molecule is COC(=O)c1c(NC(=O)c2ccoc2)c2cc(NCCC(C)C)cnc2n1Cc1ccccc1. The predicted molar refractivity (Wildman–Crippen MR) is 131 cm³/mol. The van der Waals surface area contributed by atoms with Crippen LogP contribution < -0.4 is 10.6 Å². The Balaban J connectivity index is 1.84. The summed E-state index contributed by atoms with van der Waals surface area (Å²) in [6, 6.07) is 13.2. The Kier molecular flexibility index (Phi) is 6.96. The first-order valence-corrected chi connectivity index (χ1v) is 11.2. The number of nitrogens with one attached hydrogen (secondary N) is 2. The molecule has 0 radical (unpaired) electrons. The number of amides is 1. The number of rotatable bonds is 9. The highest BCUT2D eigenvalue weighted by Gasteiger charge is 2.27. The number of anilines is 2. The van der Waals surface area contributed by atoms with Gasteiger partial charge >= 0.3 is 5.97 Å². The third-order valence-electron chi connectivity index (χ3n) is 5.53. The quantitative estimate of drug-likeness (QED) is 0.334. The molecule has 0 aliphatic rings. The maximum Gasteiger partial charge on any atom is 0.356 e. The maximum absolute atomic E-state index is 13.0. The van der Waals surface area contributed by atoms with Crippen LogP contribution in [0, 0.1) is 5.92 Å². The molecule has 0 aliphatic heterocycles. The molecule has 2 N–H and O–H groups in total. The lowest BCUT2D eigenvalue weighted by Crippen LogP contribution is -2.17. The Bertz CT molecular complexity index is 1280. The fourth-order valence-electron chi connectivity index (χ4n) is 3.76. The standard InChI is InChI=1S/C26H28N4O4/c1-17(2)9-11-27-20-13-21-22(29-25(31)19-10-12-34-16-19)23(26(32)33-3)30(24(21)28-14-20)15-18-7-5-4-6-8-18/h4-8,10,12-14,16-17,27H,9,11,15H2,1-3H3,(H,29,31). The Labute approximate surface area is 197 Å². The van der Waals surface area contributed by atoms with Gasteiger partial charge < -0.3 is 24.4 Å². The first-order chi connectivity index (χ1) is 16.5. The number of pyridine rings is 1. The number of methoxy groups -OCH3 is 1. The largest absolute Gasteiger partial charge is 0.472 e. The van der Waals surface area contributed by atoms with Crippen LogP contribution in [0.15, 0.2) is 65.6 Å². The molecule has 0 fully saturated rings. The number of carbonyl (C=O) groups excluding carboxylic acids is 2. The van der Waals surface area contributed by atoms with E-state index in [-0.39, 0.29) is 5.69 Å². The normalized spacial score (nSPS) is 11.1. The second-order valence-electron chi connectivity index (χ2n) is 8.46. The van der Waals surface area contributed by atoms with E-state index in [1.165, 1.54) is 19.6 Å². The van der Waals surface area contributed by atoms with E-state index in [0.717, 1.165) is 24.2 Å². The van der Waals surface area contributed by atoms with Gasteiger partial charge in [0.05, 0.1) is 36.5 Å². The summed E-state index contributed by atoms with van der Waals surface area (Å²) in [6.45, 7) is 5.50. The van der Waals surface area contributed by atoms with E-state index in [1.54, 1.807) is 16.8 Å². The zero-order chi connectivity index (χ0) is 24.1. The molecule has 3 heterocycles. The molecule has 0 aliphatic carbocycles. The lowest BCUT2D eigenvalue weighted by Gasteiger charge is -2.11. The van der Waals surface area contributed by atoms with Crippen LogP contribution >= 0.6 is 0 Å². The molecule has 0 spiro atoms. The van der Waals surface area contributed by atoms with Crippen molar-refractivity contribution in [3.8, 4) is 0 Å². The van der Waals surface area contributed by atoms with Crippen molar-refractivity contribution in [1.82, 2.24) is 9.55 Å². The van der Waals surface area contributed by atoms with Crippen molar-refractivity contribution in [2.75, 3.05) is 24.3 Å². The number of ether oxygens (including phenoxy) is 1. The number of carbonyl (C=O) groups is 2. The van der Waals surface area contributed by atoms with Crippen molar-refractivity contribution in [1.29, 1.82) is 0 Å². The molecule has 34 heavy (non-hydrogen) atoms. The molecule has 176 valence electrons. The monoisotopic (exact) mass is 460 g/mol. The summed E-state index contributed by atoms with van der Waals surface area (Å²) in [6.07, 6.45) is 5.53. The van der Waals surface area contributed by atoms with E-state index in [9.17, 15) is 9.59 Å². The number of hydrogen-bond acceptors (Lipinski definition) is 6. The van der Waals surface area contributed by atoms with Crippen molar-refractivity contribution in [3.63, 3.8) is 0 Å². The third kappa shape index (κ3) is 4.96. The Hall–Kier alpha value is -4.07. The second-order valence-corrected chi connectivity index (χ2v) is 8.46. The fraction of sp³-hybridized carbons (Fsp3) is 0.269. The molecular weight excluding hydrogens is 432 g/mol. The fourth-order valence-corrected chi connectivity index (χ4v) is 3.76. The first kappa shape index (κ1) is 23.1. The summed E-state index contributed by atoms with van der Waals surface area (Å²) in [5.41, 5.74) is 3.28. The lowest BCUT2D eigenvalue weighted by molar-refractivity contribution is 0.0591. The van der Waals surface area contributed by atoms with E-state index in [0.29, 0.717) is 34.7 Å². The molecule has 1 amide bonds. The van der Waals surface area contributed by atoms with Crippen LogP contribution in [0.1, 0.15) is 46.7 Å². The highest BCUT2D eigenvalue weighted by Crippen LogP contribution is 2.33. The van der Waals surface area contributed by atoms with Gasteiger partial charge in [-0.2, -0.15) is 0 Å². The van der Waals surface area contributed by atoms with Crippen LogP contribution in [0.3, 0.4) is 0 Å². The van der Waals surface area contributed by atoms with Crippen LogP contribution in [-0.4, -0.2) is 35.1 Å². The van der Waals surface area contributed by atoms with Gasteiger partial charge in [-0.1, -0.05) is 44.2 Å². The van der Waals surface area contributed by atoms with E-state index in [1.807, 2.05) is 36.4 Å². The van der Waals surface area contributed by atoms with E-state index in [4.69, 9.17) is 9.15 Å². The van der Waals surface area contributed by atoms with Gasteiger partial charge in [-0.05, 0) is 30.0 Å². The van der Waals surface area contributed by atoms with Crippen molar-refractivity contribution < 1.29 is 18.7 Å².